The van der Waals surface area contributed by atoms with Gasteiger partial charge in [0.2, 0.25) is 0 Å². The molecule has 1 atom stereocenters. The molecule has 0 aromatic carbocycles. The van der Waals surface area contributed by atoms with Crippen LogP contribution in [0, 0.1) is 0 Å². The van der Waals surface area contributed by atoms with E-state index >= 15 is 0 Å². The van der Waals surface area contributed by atoms with Gasteiger partial charge in [0.15, 0.2) is 15.6 Å². The second-order valence-corrected chi connectivity index (χ2v) is 7.54. The molecular formula is C16H24N2O4S. The van der Waals surface area contributed by atoms with Crippen molar-refractivity contribution in [2.75, 3.05) is 18.8 Å². The number of nitrogens with zero attached hydrogens (tertiary/aromatic N) is 1. The molecule has 23 heavy (non-hydrogen) atoms. The minimum atomic E-state index is -3.19. The van der Waals surface area contributed by atoms with Crippen LogP contribution in [-0.2, 0) is 22.8 Å². The predicted molar refractivity (Wildman–Crippen MR) is 88.9 cm³/mol. The van der Waals surface area contributed by atoms with Gasteiger partial charge >= 0.3 is 0 Å². The van der Waals surface area contributed by atoms with Crippen molar-refractivity contribution in [2.45, 2.75) is 39.8 Å². The summed E-state index contributed by atoms with van der Waals surface area (Å²) in [5, 5.41) is 3.83. The fraction of sp³-hybridized carbons (Fsp3) is 0.562. The molecule has 1 aliphatic rings. The van der Waals surface area contributed by atoms with E-state index in [0.717, 1.165) is 36.4 Å². The summed E-state index contributed by atoms with van der Waals surface area (Å²) >= 11 is 0. The number of carbonyl (C=O) groups is 1. The van der Waals surface area contributed by atoms with E-state index < -0.39 is 15.9 Å². The van der Waals surface area contributed by atoms with Gasteiger partial charge in [-0.2, -0.15) is 0 Å². The minimum absolute atomic E-state index is 0.0909. The SMILES string of the molecule is CCc1oc(C(=O)NC2C=CS(=O)(=O)C2)cc1CN(CC)CC. The van der Waals surface area contributed by atoms with Gasteiger partial charge in [-0.25, -0.2) is 8.42 Å². The van der Waals surface area contributed by atoms with Crippen molar-refractivity contribution in [3.8, 4) is 0 Å². The van der Waals surface area contributed by atoms with Gasteiger partial charge in [0, 0.05) is 23.9 Å². The van der Waals surface area contributed by atoms with Crippen molar-refractivity contribution in [2.24, 2.45) is 0 Å². The third kappa shape index (κ3) is 4.45. The molecule has 1 amide bonds. The second-order valence-electron chi connectivity index (χ2n) is 5.61. The number of furan rings is 1. The molecule has 0 aliphatic carbocycles. The first-order chi connectivity index (χ1) is 10.9. The summed E-state index contributed by atoms with van der Waals surface area (Å²) in [5.41, 5.74) is 1.01. The molecule has 0 radical (unpaired) electrons. The lowest BCUT2D eigenvalue weighted by Crippen LogP contribution is -2.35. The highest BCUT2D eigenvalue weighted by molar-refractivity contribution is 7.94. The van der Waals surface area contributed by atoms with Crippen LogP contribution in [-0.4, -0.2) is 44.1 Å². The van der Waals surface area contributed by atoms with Gasteiger partial charge in [0.25, 0.3) is 5.91 Å². The van der Waals surface area contributed by atoms with Crippen molar-refractivity contribution in [3.05, 3.63) is 34.6 Å². The average Bonchev–Trinajstić information content (AvgIpc) is 3.07. The number of aryl methyl sites for hydroxylation is 1. The molecule has 1 aliphatic heterocycles. The first-order valence-corrected chi connectivity index (χ1v) is 9.65. The minimum Gasteiger partial charge on any atom is -0.456 e. The molecule has 0 saturated heterocycles. The maximum atomic E-state index is 12.3. The Morgan fingerprint density at radius 2 is 2.04 bits per heavy atom. The standard InChI is InChI=1S/C16H24N2O4S/c1-4-14-12(10-18(5-2)6-3)9-15(22-14)16(19)17-13-7-8-23(20,21)11-13/h7-9,13H,4-6,10-11H2,1-3H3,(H,17,19). The molecule has 0 fully saturated rings. The number of rotatable bonds is 7. The Hall–Kier alpha value is -1.60. The Morgan fingerprint density at radius 1 is 1.35 bits per heavy atom. The molecule has 7 heteroatoms. The van der Waals surface area contributed by atoms with Gasteiger partial charge < -0.3 is 9.73 Å². The highest BCUT2D eigenvalue weighted by Crippen LogP contribution is 2.19. The molecule has 1 N–H and O–H groups in total. The van der Waals surface area contributed by atoms with Crippen LogP contribution in [0.5, 0.6) is 0 Å². The van der Waals surface area contributed by atoms with E-state index in [1.807, 2.05) is 6.92 Å². The third-order valence-corrected chi connectivity index (χ3v) is 5.37. The highest BCUT2D eigenvalue weighted by atomic mass is 32.2. The van der Waals surface area contributed by atoms with E-state index in [1.54, 1.807) is 6.07 Å². The Balaban J connectivity index is 2.09. The predicted octanol–water partition coefficient (Wildman–Crippen LogP) is 1.72. The fourth-order valence-electron chi connectivity index (χ4n) is 2.60. The molecule has 0 saturated carbocycles. The first-order valence-electron chi connectivity index (χ1n) is 7.94. The van der Waals surface area contributed by atoms with E-state index in [-0.39, 0.29) is 17.4 Å². The lowest BCUT2D eigenvalue weighted by molar-refractivity contribution is 0.0918. The van der Waals surface area contributed by atoms with Crippen LogP contribution in [0.2, 0.25) is 0 Å². The quantitative estimate of drug-likeness (QED) is 0.817. The van der Waals surface area contributed by atoms with Crippen molar-refractivity contribution in [1.82, 2.24) is 10.2 Å². The maximum absolute atomic E-state index is 12.3. The molecule has 1 aromatic rings. The Bertz CT molecular complexity index is 687. The summed E-state index contributed by atoms with van der Waals surface area (Å²) < 4.78 is 28.4. The molecule has 0 bridgehead atoms. The van der Waals surface area contributed by atoms with Crippen molar-refractivity contribution >= 4 is 15.7 Å². The lowest BCUT2D eigenvalue weighted by atomic mass is 10.2. The monoisotopic (exact) mass is 340 g/mol. The van der Waals surface area contributed by atoms with Gasteiger partial charge in [-0.05, 0) is 25.2 Å². The Kier molecular flexibility index (Phi) is 5.64. The number of hydrogen-bond acceptors (Lipinski definition) is 5. The molecule has 6 nitrogen and oxygen atoms in total. The van der Waals surface area contributed by atoms with Crippen molar-refractivity contribution < 1.29 is 17.6 Å². The van der Waals surface area contributed by atoms with E-state index in [9.17, 15) is 13.2 Å². The third-order valence-electron chi connectivity index (χ3n) is 3.98. The zero-order valence-electron chi connectivity index (χ0n) is 13.8. The summed E-state index contributed by atoms with van der Waals surface area (Å²) in [5.74, 6) is 0.572. The molecular weight excluding hydrogens is 316 g/mol. The van der Waals surface area contributed by atoms with Crippen LogP contribution in [0.4, 0.5) is 0 Å². The summed E-state index contributed by atoms with van der Waals surface area (Å²) in [6, 6.07) is 1.27. The van der Waals surface area contributed by atoms with Crippen molar-refractivity contribution in [3.63, 3.8) is 0 Å². The van der Waals surface area contributed by atoms with Gasteiger partial charge in [0.1, 0.15) is 5.76 Å². The molecule has 1 aromatic heterocycles. The largest absolute Gasteiger partial charge is 0.456 e. The van der Waals surface area contributed by atoms with Crippen LogP contribution in [0.3, 0.4) is 0 Å². The number of amides is 1. The van der Waals surface area contributed by atoms with E-state index in [1.165, 1.54) is 6.08 Å². The molecule has 128 valence electrons. The summed E-state index contributed by atoms with van der Waals surface area (Å²) in [7, 11) is -3.19. The van der Waals surface area contributed by atoms with Crippen molar-refractivity contribution in [1.29, 1.82) is 0 Å². The van der Waals surface area contributed by atoms with E-state index in [2.05, 4.69) is 24.1 Å². The smallest absolute Gasteiger partial charge is 0.287 e. The molecule has 0 spiro atoms. The van der Waals surface area contributed by atoms with Crippen LogP contribution in [0.15, 0.2) is 22.0 Å². The van der Waals surface area contributed by atoms with Crippen LogP contribution < -0.4 is 5.32 Å². The number of nitrogens with one attached hydrogen (secondary N) is 1. The average molecular weight is 340 g/mol. The normalized spacial score (nSPS) is 19.4. The number of carbonyl (C=O) groups excluding carboxylic acids is 1. The fourth-order valence-corrected chi connectivity index (χ4v) is 3.84. The van der Waals surface area contributed by atoms with Crippen LogP contribution in [0.1, 0.15) is 42.6 Å². The highest BCUT2D eigenvalue weighted by Gasteiger charge is 2.25. The molecule has 2 heterocycles. The van der Waals surface area contributed by atoms with E-state index in [0.29, 0.717) is 6.42 Å². The number of hydrogen-bond donors (Lipinski definition) is 1. The topological polar surface area (TPSA) is 79.6 Å². The lowest BCUT2D eigenvalue weighted by Gasteiger charge is -2.17. The first kappa shape index (κ1) is 17.7. The molecule has 2 rings (SSSR count). The van der Waals surface area contributed by atoms with Gasteiger partial charge in [-0.3, -0.25) is 9.69 Å². The van der Waals surface area contributed by atoms with Gasteiger partial charge in [-0.15, -0.1) is 0 Å². The van der Waals surface area contributed by atoms with Crippen LogP contribution in [0.25, 0.3) is 0 Å². The maximum Gasteiger partial charge on any atom is 0.287 e. The number of sulfone groups is 1. The van der Waals surface area contributed by atoms with Gasteiger partial charge in [-0.1, -0.05) is 20.8 Å². The zero-order valence-corrected chi connectivity index (χ0v) is 14.6. The van der Waals surface area contributed by atoms with E-state index in [4.69, 9.17) is 4.42 Å². The summed E-state index contributed by atoms with van der Waals surface area (Å²) in [6.45, 7) is 8.77. The zero-order chi connectivity index (χ0) is 17.0. The Morgan fingerprint density at radius 3 is 2.57 bits per heavy atom. The van der Waals surface area contributed by atoms with Gasteiger partial charge in [0.05, 0.1) is 11.8 Å². The summed E-state index contributed by atoms with van der Waals surface area (Å²) in [6.07, 6.45) is 2.20. The second kappa shape index (κ2) is 7.31. The Labute approximate surface area is 137 Å². The summed E-state index contributed by atoms with van der Waals surface area (Å²) in [4.78, 5) is 14.5. The van der Waals surface area contributed by atoms with Crippen LogP contribution >= 0.6 is 0 Å². The molecule has 1 unspecified atom stereocenters.